The molecule has 3 N–H and O–H groups in total. The minimum atomic E-state index is -4.53. The number of nitrogens with one attached hydrogen (secondary N) is 2. The van der Waals surface area contributed by atoms with Crippen LogP contribution in [-0.2, 0) is 17.4 Å². The molecular weight excluding hydrogens is 473 g/mol. The number of halogens is 4. The average molecular weight is 491 g/mol. The van der Waals surface area contributed by atoms with Crippen molar-refractivity contribution in [1.82, 2.24) is 0 Å². The first-order valence-electron chi connectivity index (χ1n) is 9.93. The van der Waals surface area contributed by atoms with E-state index in [-0.39, 0.29) is 28.3 Å². The quantitative estimate of drug-likeness (QED) is 0.385. The van der Waals surface area contributed by atoms with E-state index in [4.69, 9.17) is 16.7 Å². The Morgan fingerprint density at radius 3 is 2.09 bits per heavy atom. The van der Waals surface area contributed by atoms with Gasteiger partial charge >= 0.3 is 12.1 Å². The van der Waals surface area contributed by atoms with Gasteiger partial charge in [0.05, 0.1) is 16.8 Å². The van der Waals surface area contributed by atoms with Crippen LogP contribution in [0.25, 0.3) is 0 Å². The lowest BCUT2D eigenvalue weighted by atomic mass is 10.1. The van der Waals surface area contributed by atoms with Crippen LogP contribution in [0.4, 0.5) is 24.5 Å². The second kappa shape index (κ2) is 10.4. The van der Waals surface area contributed by atoms with Crippen molar-refractivity contribution >= 4 is 40.8 Å². The Morgan fingerprint density at radius 1 is 0.853 bits per heavy atom. The van der Waals surface area contributed by atoms with Crippen molar-refractivity contribution in [2.24, 2.45) is 0 Å². The highest BCUT2D eigenvalue weighted by molar-refractivity contribution is 6.31. The average Bonchev–Trinajstić information content (AvgIpc) is 2.78. The number of carboxylic acids is 1. The summed E-state index contributed by atoms with van der Waals surface area (Å²) in [7, 11) is 0. The van der Waals surface area contributed by atoms with Gasteiger partial charge in [0.25, 0.3) is 11.8 Å². The number of carbonyl (C=O) groups is 3. The Kier molecular flexibility index (Phi) is 7.57. The summed E-state index contributed by atoms with van der Waals surface area (Å²) in [6, 6.07) is 14.5. The number of hydrogen-bond acceptors (Lipinski definition) is 3. The first-order valence-corrected chi connectivity index (χ1v) is 10.3. The van der Waals surface area contributed by atoms with Crippen LogP contribution in [0.1, 0.15) is 38.3 Å². The maximum absolute atomic E-state index is 12.8. The summed E-state index contributed by atoms with van der Waals surface area (Å²) in [5.41, 5.74) is 0.472. The highest BCUT2D eigenvalue weighted by atomic mass is 35.5. The molecule has 0 aliphatic rings. The number of alkyl halides is 3. The molecule has 0 aliphatic heterocycles. The number of rotatable bonds is 7. The third-order valence-electron chi connectivity index (χ3n) is 4.79. The molecule has 3 aromatic carbocycles. The molecule has 0 saturated heterocycles. The highest BCUT2D eigenvalue weighted by Gasteiger charge is 2.30. The zero-order valence-electron chi connectivity index (χ0n) is 17.4. The smallest absolute Gasteiger partial charge is 0.416 e. The van der Waals surface area contributed by atoms with Crippen molar-refractivity contribution in [3.05, 3.63) is 94.0 Å². The maximum atomic E-state index is 12.8. The van der Waals surface area contributed by atoms with E-state index >= 15 is 0 Å². The fraction of sp³-hybridized carbons (Fsp3) is 0.125. The van der Waals surface area contributed by atoms with Gasteiger partial charge in [-0.2, -0.15) is 13.2 Å². The Balaban J connectivity index is 1.74. The van der Waals surface area contributed by atoms with Gasteiger partial charge in [-0.3, -0.25) is 14.4 Å². The van der Waals surface area contributed by atoms with Crippen molar-refractivity contribution in [1.29, 1.82) is 0 Å². The van der Waals surface area contributed by atoms with Crippen molar-refractivity contribution in [3.8, 4) is 0 Å². The fourth-order valence-corrected chi connectivity index (χ4v) is 3.20. The van der Waals surface area contributed by atoms with Crippen LogP contribution in [0.3, 0.4) is 0 Å². The van der Waals surface area contributed by atoms with Gasteiger partial charge < -0.3 is 15.7 Å². The molecule has 6 nitrogen and oxygen atoms in total. The number of amides is 2. The topological polar surface area (TPSA) is 95.5 Å². The van der Waals surface area contributed by atoms with Crippen molar-refractivity contribution in [2.45, 2.75) is 19.0 Å². The molecule has 0 heterocycles. The number of hydrogen-bond donors (Lipinski definition) is 3. The summed E-state index contributed by atoms with van der Waals surface area (Å²) >= 11 is 6.00. The highest BCUT2D eigenvalue weighted by Crippen LogP contribution is 2.29. The first kappa shape index (κ1) is 24.8. The van der Waals surface area contributed by atoms with Crippen molar-refractivity contribution in [3.63, 3.8) is 0 Å². The summed E-state index contributed by atoms with van der Waals surface area (Å²) in [4.78, 5) is 36.0. The van der Waals surface area contributed by atoms with E-state index in [0.29, 0.717) is 12.1 Å². The Morgan fingerprint density at radius 2 is 1.50 bits per heavy atom. The second-order valence-corrected chi connectivity index (χ2v) is 7.70. The van der Waals surface area contributed by atoms with Crippen LogP contribution in [0, 0.1) is 0 Å². The number of anilines is 2. The van der Waals surface area contributed by atoms with E-state index in [1.165, 1.54) is 18.2 Å². The number of carbonyl (C=O) groups excluding carboxylic acids is 2. The molecule has 0 unspecified atom stereocenters. The van der Waals surface area contributed by atoms with Crippen LogP contribution < -0.4 is 10.6 Å². The Hall–Kier alpha value is -3.85. The Bertz CT molecular complexity index is 1210. The van der Waals surface area contributed by atoms with Gasteiger partial charge in [-0.1, -0.05) is 23.7 Å². The van der Waals surface area contributed by atoms with Crippen LogP contribution in [0.15, 0.2) is 66.7 Å². The lowest BCUT2D eigenvalue weighted by Crippen LogP contribution is -2.18. The van der Waals surface area contributed by atoms with E-state index in [0.717, 1.165) is 29.8 Å². The third kappa shape index (κ3) is 6.58. The van der Waals surface area contributed by atoms with Crippen LogP contribution in [-0.4, -0.2) is 22.9 Å². The molecule has 2 amide bonds. The molecule has 0 fully saturated rings. The van der Waals surface area contributed by atoms with E-state index in [1.807, 2.05) is 0 Å². The van der Waals surface area contributed by atoms with Gasteiger partial charge in [-0.15, -0.1) is 0 Å². The van der Waals surface area contributed by atoms with E-state index in [2.05, 4.69) is 10.6 Å². The molecule has 0 bridgehead atoms. The molecule has 0 spiro atoms. The number of carboxylic acid groups (broad SMARTS) is 1. The van der Waals surface area contributed by atoms with Gasteiger partial charge in [0.1, 0.15) is 0 Å². The molecule has 176 valence electrons. The van der Waals surface area contributed by atoms with Gasteiger partial charge in [0, 0.05) is 22.7 Å². The molecule has 0 saturated carbocycles. The molecule has 34 heavy (non-hydrogen) atoms. The molecule has 0 atom stereocenters. The minimum absolute atomic E-state index is 0.0154. The standard InChI is InChI=1S/C24H18ClF3N2O4/c25-17-8-11-19(23(34)29-18-9-1-14(2-10-18)3-12-21(31)32)20(13-17)30-22(33)15-4-6-16(7-5-15)24(26,27)28/h1-2,4-11,13H,3,12H2,(H,29,34)(H,30,33)(H,31,32). The minimum Gasteiger partial charge on any atom is -0.481 e. The van der Waals surface area contributed by atoms with Gasteiger partial charge in [0.15, 0.2) is 0 Å². The number of aryl methyl sites for hydroxylation is 1. The first-order chi connectivity index (χ1) is 16.0. The second-order valence-electron chi connectivity index (χ2n) is 7.26. The predicted octanol–water partition coefficient (Wildman–Crippen LogP) is 5.88. The summed E-state index contributed by atoms with van der Waals surface area (Å²) in [6.45, 7) is 0. The summed E-state index contributed by atoms with van der Waals surface area (Å²) < 4.78 is 38.2. The van der Waals surface area contributed by atoms with Crippen LogP contribution in [0.5, 0.6) is 0 Å². The number of aliphatic carboxylic acids is 1. The van der Waals surface area contributed by atoms with E-state index in [9.17, 15) is 27.6 Å². The molecule has 0 aromatic heterocycles. The lowest BCUT2D eigenvalue weighted by molar-refractivity contribution is -0.138. The third-order valence-corrected chi connectivity index (χ3v) is 5.02. The lowest BCUT2D eigenvalue weighted by Gasteiger charge is -2.13. The normalized spacial score (nSPS) is 11.1. The van der Waals surface area contributed by atoms with Gasteiger partial charge in [0.2, 0.25) is 0 Å². The largest absolute Gasteiger partial charge is 0.481 e. The molecule has 0 radical (unpaired) electrons. The molecular formula is C24H18ClF3N2O4. The zero-order chi connectivity index (χ0) is 24.9. The molecule has 3 rings (SSSR count). The summed E-state index contributed by atoms with van der Waals surface area (Å²) in [5, 5.41) is 14.2. The van der Waals surface area contributed by atoms with Crippen LogP contribution in [0.2, 0.25) is 5.02 Å². The maximum Gasteiger partial charge on any atom is 0.416 e. The monoisotopic (exact) mass is 490 g/mol. The fourth-order valence-electron chi connectivity index (χ4n) is 3.03. The number of benzene rings is 3. The Labute approximate surface area is 197 Å². The van der Waals surface area contributed by atoms with Gasteiger partial charge in [-0.25, -0.2) is 0 Å². The molecule has 10 heteroatoms. The van der Waals surface area contributed by atoms with Crippen molar-refractivity contribution in [2.75, 3.05) is 10.6 Å². The SMILES string of the molecule is O=C(O)CCc1ccc(NC(=O)c2ccc(Cl)cc2NC(=O)c2ccc(C(F)(F)F)cc2)cc1. The van der Waals surface area contributed by atoms with Crippen LogP contribution >= 0.6 is 11.6 Å². The summed E-state index contributed by atoms with van der Waals surface area (Å²) in [6.07, 6.45) is -4.19. The summed E-state index contributed by atoms with van der Waals surface area (Å²) in [5.74, 6) is -2.18. The van der Waals surface area contributed by atoms with Crippen molar-refractivity contribution < 1.29 is 32.7 Å². The van der Waals surface area contributed by atoms with Gasteiger partial charge in [-0.05, 0) is 66.6 Å². The van der Waals surface area contributed by atoms with E-state index < -0.39 is 29.5 Å². The molecule has 3 aromatic rings. The molecule has 0 aliphatic carbocycles. The zero-order valence-corrected chi connectivity index (χ0v) is 18.2. The van der Waals surface area contributed by atoms with E-state index in [1.54, 1.807) is 24.3 Å². The predicted molar refractivity (Wildman–Crippen MR) is 121 cm³/mol.